The van der Waals surface area contributed by atoms with Crippen molar-refractivity contribution in [2.75, 3.05) is 0 Å². The van der Waals surface area contributed by atoms with Crippen LogP contribution in [0.1, 0.15) is 20.8 Å². The van der Waals surface area contributed by atoms with Gasteiger partial charge in [0.05, 0.1) is 0 Å². The first kappa shape index (κ1) is 14.4. The minimum Gasteiger partial charge on any atom is -0.435 e. The van der Waals surface area contributed by atoms with Crippen molar-refractivity contribution >= 4 is 23.2 Å². The summed E-state index contributed by atoms with van der Waals surface area (Å²) in [6.45, 7) is -0.893. The van der Waals surface area contributed by atoms with E-state index in [1.54, 1.807) is 17.4 Å². The van der Waals surface area contributed by atoms with Crippen LogP contribution in [0.2, 0.25) is 0 Å². The fraction of sp³-hybridized carbons (Fsp3) is 0.133. The Kier molecular flexibility index (Phi) is 4.63. The van der Waals surface area contributed by atoms with Gasteiger partial charge in [0.15, 0.2) is 5.78 Å². The molecule has 1 heterocycles. The number of aryl methyl sites for hydroxylation is 1. The summed E-state index contributed by atoms with van der Waals surface area (Å²) in [6.07, 6.45) is 3.23. The molecule has 0 aliphatic carbocycles. The molecule has 0 saturated heterocycles. The Hall–Kier alpha value is -2.01. The van der Waals surface area contributed by atoms with E-state index in [0.717, 1.165) is 10.4 Å². The van der Waals surface area contributed by atoms with Crippen molar-refractivity contribution in [3.8, 4) is 5.75 Å². The molecule has 0 aliphatic rings. The number of benzene rings is 1. The van der Waals surface area contributed by atoms with Crippen LogP contribution in [-0.4, -0.2) is 12.4 Å². The van der Waals surface area contributed by atoms with E-state index in [4.69, 9.17) is 0 Å². The summed E-state index contributed by atoms with van der Waals surface area (Å²) < 4.78 is 28.2. The average molecular weight is 294 g/mol. The predicted molar refractivity (Wildman–Crippen MR) is 75.5 cm³/mol. The Morgan fingerprint density at radius 3 is 2.50 bits per heavy atom. The van der Waals surface area contributed by atoms with E-state index in [-0.39, 0.29) is 11.5 Å². The normalized spacial score (nSPS) is 11.2. The number of hydrogen-bond donors (Lipinski definition) is 0. The van der Waals surface area contributed by atoms with E-state index in [0.29, 0.717) is 5.56 Å². The molecule has 0 atom stereocenters. The molecule has 0 N–H and O–H groups in total. The molecular formula is C15H12F2O2S. The molecule has 0 spiro atoms. The lowest BCUT2D eigenvalue weighted by atomic mass is 10.1. The minimum absolute atomic E-state index is 0.0367. The van der Waals surface area contributed by atoms with Gasteiger partial charge in [0.2, 0.25) is 0 Å². The van der Waals surface area contributed by atoms with Gasteiger partial charge in [-0.25, -0.2) is 0 Å². The zero-order valence-corrected chi connectivity index (χ0v) is 11.5. The lowest BCUT2D eigenvalue weighted by molar-refractivity contribution is -0.0498. The van der Waals surface area contributed by atoms with Gasteiger partial charge in [-0.15, -0.1) is 11.3 Å². The largest absolute Gasteiger partial charge is 0.435 e. The van der Waals surface area contributed by atoms with Gasteiger partial charge >= 0.3 is 6.61 Å². The van der Waals surface area contributed by atoms with Gasteiger partial charge in [0, 0.05) is 10.4 Å². The topological polar surface area (TPSA) is 26.3 Å². The number of carbonyl (C=O) groups excluding carboxylic acids is 1. The summed E-state index contributed by atoms with van der Waals surface area (Å²) in [5, 5.41) is 1.95. The van der Waals surface area contributed by atoms with Crippen LogP contribution >= 0.6 is 11.3 Å². The van der Waals surface area contributed by atoms with Crippen molar-refractivity contribution in [2.45, 2.75) is 13.5 Å². The van der Waals surface area contributed by atoms with Crippen LogP contribution in [0.4, 0.5) is 8.78 Å². The molecule has 0 aliphatic heterocycles. The number of ether oxygens (including phenoxy) is 1. The Bertz CT molecular complexity index is 615. The summed E-state index contributed by atoms with van der Waals surface area (Å²) in [4.78, 5) is 12.9. The standard InChI is InChI=1S/C15H12F2O2S/c1-10-8-9-20-14(10)7-6-13(18)11-2-4-12(5-3-11)19-15(16)17/h2-9,15H,1H3/b7-6+. The van der Waals surface area contributed by atoms with Crippen molar-refractivity contribution in [3.05, 3.63) is 57.8 Å². The minimum atomic E-state index is -2.86. The number of rotatable bonds is 5. The fourth-order valence-corrected chi connectivity index (χ4v) is 2.42. The van der Waals surface area contributed by atoms with E-state index < -0.39 is 6.61 Å². The summed E-state index contributed by atoms with van der Waals surface area (Å²) in [6, 6.07) is 7.61. The van der Waals surface area contributed by atoms with E-state index in [2.05, 4.69) is 4.74 Å². The Labute approximate surface area is 119 Å². The third-order valence-corrected chi connectivity index (χ3v) is 3.64. The van der Waals surface area contributed by atoms with Crippen LogP contribution in [0, 0.1) is 6.92 Å². The van der Waals surface area contributed by atoms with Crippen molar-refractivity contribution in [3.63, 3.8) is 0 Å². The average Bonchev–Trinajstić information content (AvgIpc) is 2.82. The quantitative estimate of drug-likeness (QED) is 0.597. The van der Waals surface area contributed by atoms with Gasteiger partial charge in [0.1, 0.15) is 5.75 Å². The van der Waals surface area contributed by atoms with E-state index in [9.17, 15) is 13.6 Å². The van der Waals surface area contributed by atoms with Gasteiger partial charge in [0.25, 0.3) is 0 Å². The number of thiophene rings is 1. The molecule has 0 bridgehead atoms. The molecule has 0 radical (unpaired) electrons. The van der Waals surface area contributed by atoms with Gasteiger partial charge in [-0.05, 0) is 60.4 Å². The van der Waals surface area contributed by atoms with Crippen LogP contribution in [0.25, 0.3) is 6.08 Å². The highest BCUT2D eigenvalue weighted by molar-refractivity contribution is 7.11. The highest BCUT2D eigenvalue weighted by Crippen LogP contribution is 2.18. The van der Waals surface area contributed by atoms with Crippen molar-refractivity contribution in [1.82, 2.24) is 0 Å². The third kappa shape index (κ3) is 3.74. The van der Waals surface area contributed by atoms with Crippen molar-refractivity contribution in [2.24, 2.45) is 0 Å². The molecular weight excluding hydrogens is 282 g/mol. The number of carbonyl (C=O) groups is 1. The number of alkyl halides is 2. The maximum Gasteiger partial charge on any atom is 0.387 e. The first-order valence-electron chi connectivity index (χ1n) is 5.87. The smallest absolute Gasteiger partial charge is 0.387 e. The molecule has 1 aromatic carbocycles. The first-order valence-corrected chi connectivity index (χ1v) is 6.75. The monoisotopic (exact) mass is 294 g/mol. The Morgan fingerprint density at radius 1 is 1.25 bits per heavy atom. The third-order valence-electron chi connectivity index (χ3n) is 2.65. The van der Waals surface area contributed by atoms with E-state index >= 15 is 0 Å². The maximum atomic E-state index is 12.0. The molecule has 0 unspecified atom stereocenters. The van der Waals surface area contributed by atoms with Crippen LogP contribution in [0.5, 0.6) is 5.75 Å². The Morgan fingerprint density at radius 2 is 1.95 bits per heavy atom. The molecule has 2 rings (SSSR count). The van der Waals surface area contributed by atoms with Crippen molar-refractivity contribution in [1.29, 1.82) is 0 Å². The molecule has 1 aromatic heterocycles. The van der Waals surface area contributed by atoms with Crippen molar-refractivity contribution < 1.29 is 18.3 Å². The fourth-order valence-electron chi connectivity index (χ4n) is 1.60. The highest BCUT2D eigenvalue weighted by Gasteiger charge is 2.06. The summed E-state index contributed by atoms with van der Waals surface area (Å²) in [5.74, 6) is -0.143. The van der Waals surface area contributed by atoms with Gasteiger partial charge in [-0.1, -0.05) is 0 Å². The first-order chi connectivity index (χ1) is 9.56. The zero-order chi connectivity index (χ0) is 14.5. The number of halogens is 2. The molecule has 20 heavy (non-hydrogen) atoms. The second-order valence-corrected chi connectivity index (χ2v) is 5.02. The predicted octanol–water partition coefficient (Wildman–Crippen LogP) is 4.55. The molecule has 104 valence electrons. The molecule has 0 saturated carbocycles. The molecule has 2 nitrogen and oxygen atoms in total. The zero-order valence-electron chi connectivity index (χ0n) is 10.7. The number of allylic oxidation sites excluding steroid dienone is 1. The molecule has 2 aromatic rings. The van der Waals surface area contributed by atoms with E-state index in [1.165, 1.54) is 30.3 Å². The lowest BCUT2D eigenvalue weighted by Gasteiger charge is -2.04. The highest BCUT2D eigenvalue weighted by atomic mass is 32.1. The summed E-state index contributed by atoms with van der Waals surface area (Å²) in [7, 11) is 0. The van der Waals surface area contributed by atoms with Gasteiger partial charge in [-0.2, -0.15) is 8.78 Å². The number of hydrogen-bond acceptors (Lipinski definition) is 3. The Balaban J connectivity index is 2.06. The van der Waals surface area contributed by atoms with E-state index in [1.807, 2.05) is 18.4 Å². The summed E-state index contributed by atoms with van der Waals surface area (Å²) in [5.41, 5.74) is 1.54. The van der Waals surface area contributed by atoms with Gasteiger partial charge in [-0.3, -0.25) is 4.79 Å². The van der Waals surface area contributed by atoms with Crippen LogP contribution in [0.15, 0.2) is 41.8 Å². The maximum absolute atomic E-state index is 12.0. The van der Waals surface area contributed by atoms with Crippen LogP contribution in [0.3, 0.4) is 0 Å². The summed E-state index contributed by atoms with van der Waals surface area (Å²) >= 11 is 1.55. The second kappa shape index (κ2) is 6.43. The SMILES string of the molecule is Cc1ccsc1/C=C/C(=O)c1ccc(OC(F)F)cc1. The van der Waals surface area contributed by atoms with Crippen LogP contribution < -0.4 is 4.74 Å². The number of ketones is 1. The molecule has 0 amide bonds. The van der Waals surface area contributed by atoms with Gasteiger partial charge < -0.3 is 4.74 Å². The van der Waals surface area contributed by atoms with Crippen LogP contribution in [-0.2, 0) is 0 Å². The molecule has 5 heteroatoms. The second-order valence-electron chi connectivity index (χ2n) is 4.07. The molecule has 0 fully saturated rings. The lowest BCUT2D eigenvalue weighted by Crippen LogP contribution is -2.02.